The van der Waals surface area contributed by atoms with Crippen LogP contribution in [0.2, 0.25) is 5.15 Å². The Balaban J connectivity index is 2.96. The summed E-state index contributed by atoms with van der Waals surface area (Å²) in [6.45, 7) is 5.74. The van der Waals surface area contributed by atoms with E-state index in [1.54, 1.807) is 0 Å². The van der Waals surface area contributed by atoms with Crippen molar-refractivity contribution in [2.24, 2.45) is 5.92 Å². The zero-order valence-electron chi connectivity index (χ0n) is 9.40. The third kappa shape index (κ3) is 2.90. The smallest absolute Gasteiger partial charge is 0.253 e. The molecule has 1 aromatic heterocycles. The van der Waals surface area contributed by atoms with Crippen LogP contribution in [0.15, 0.2) is 0 Å². The van der Waals surface area contributed by atoms with E-state index in [9.17, 15) is 13.2 Å². The summed E-state index contributed by atoms with van der Waals surface area (Å²) in [6, 6.07) is 0. The van der Waals surface area contributed by atoms with Crippen LogP contribution in [-0.4, -0.2) is 9.78 Å². The highest BCUT2D eigenvalue weighted by Crippen LogP contribution is 2.33. The minimum absolute atomic E-state index is 0.00192. The molecule has 0 amide bonds. The van der Waals surface area contributed by atoms with Gasteiger partial charge in [0.15, 0.2) is 5.69 Å². The maximum Gasteiger partial charge on any atom is 0.435 e. The number of aryl methyl sites for hydroxylation is 1. The molecule has 0 atom stereocenters. The standard InChI is InChI=1S/C10H14ClF3N2/c1-6(2)4-5-16-9(11)7(3)8(15-16)10(12,13)14/h6H,4-5H2,1-3H3. The molecule has 0 saturated heterocycles. The van der Waals surface area contributed by atoms with Crippen LogP contribution in [-0.2, 0) is 12.7 Å². The van der Waals surface area contributed by atoms with E-state index in [0.29, 0.717) is 12.5 Å². The first kappa shape index (κ1) is 13.4. The fourth-order valence-corrected chi connectivity index (χ4v) is 1.54. The molecule has 0 aliphatic rings. The predicted octanol–water partition coefficient (Wildman–Crippen LogP) is 3.91. The van der Waals surface area contributed by atoms with E-state index in [0.717, 1.165) is 6.42 Å². The number of halogens is 4. The zero-order chi connectivity index (χ0) is 12.5. The molecule has 0 saturated carbocycles. The second kappa shape index (κ2) is 4.65. The minimum Gasteiger partial charge on any atom is -0.253 e. The molecule has 0 aromatic carbocycles. The van der Waals surface area contributed by atoms with Gasteiger partial charge in [-0.1, -0.05) is 25.4 Å². The summed E-state index contributed by atoms with van der Waals surface area (Å²) in [7, 11) is 0. The van der Waals surface area contributed by atoms with Gasteiger partial charge in [-0.05, 0) is 19.3 Å². The van der Waals surface area contributed by atoms with Crippen molar-refractivity contribution in [2.45, 2.75) is 39.9 Å². The maximum absolute atomic E-state index is 12.5. The number of aromatic nitrogens is 2. The van der Waals surface area contributed by atoms with Gasteiger partial charge in [-0.3, -0.25) is 4.68 Å². The van der Waals surface area contributed by atoms with E-state index in [2.05, 4.69) is 5.10 Å². The molecular weight excluding hydrogens is 241 g/mol. The first-order valence-electron chi connectivity index (χ1n) is 5.03. The highest BCUT2D eigenvalue weighted by molar-refractivity contribution is 6.30. The molecule has 0 spiro atoms. The molecule has 6 heteroatoms. The monoisotopic (exact) mass is 254 g/mol. The van der Waals surface area contributed by atoms with Crippen LogP contribution in [0.25, 0.3) is 0 Å². The summed E-state index contributed by atoms with van der Waals surface area (Å²) in [5.74, 6) is 0.398. The lowest BCUT2D eigenvalue weighted by Crippen LogP contribution is -2.09. The van der Waals surface area contributed by atoms with Gasteiger partial charge >= 0.3 is 6.18 Å². The van der Waals surface area contributed by atoms with Crippen LogP contribution in [0.5, 0.6) is 0 Å². The molecule has 0 aliphatic carbocycles. The molecule has 1 aromatic rings. The third-order valence-corrected chi connectivity index (χ3v) is 2.78. The zero-order valence-corrected chi connectivity index (χ0v) is 10.2. The van der Waals surface area contributed by atoms with E-state index in [-0.39, 0.29) is 10.7 Å². The first-order chi connectivity index (χ1) is 7.23. The molecular formula is C10H14ClF3N2. The molecule has 1 heterocycles. The Hall–Kier alpha value is -0.710. The Morgan fingerprint density at radius 3 is 2.31 bits per heavy atom. The van der Waals surface area contributed by atoms with Crippen LogP contribution < -0.4 is 0 Å². The fraction of sp³-hybridized carbons (Fsp3) is 0.700. The molecule has 0 aliphatic heterocycles. The second-order valence-electron chi connectivity index (χ2n) is 4.17. The van der Waals surface area contributed by atoms with Crippen LogP contribution >= 0.6 is 11.6 Å². The Kier molecular flexibility index (Phi) is 3.88. The molecule has 16 heavy (non-hydrogen) atoms. The summed E-state index contributed by atoms with van der Waals surface area (Å²) in [6.07, 6.45) is -3.69. The highest BCUT2D eigenvalue weighted by atomic mass is 35.5. The van der Waals surface area contributed by atoms with Crippen LogP contribution in [0.1, 0.15) is 31.5 Å². The van der Waals surface area contributed by atoms with E-state index in [1.165, 1.54) is 11.6 Å². The summed E-state index contributed by atoms with van der Waals surface area (Å²) >= 11 is 5.80. The third-order valence-electron chi connectivity index (χ3n) is 2.30. The Morgan fingerprint density at radius 1 is 1.38 bits per heavy atom. The van der Waals surface area contributed by atoms with E-state index in [4.69, 9.17) is 11.6 Å². The van der Waals surface area contributed by atoms with Crippen molar-refractivity contribution in [3.63, 3.8) is 0 Å². The van der Waals surface area contributed by atoms with Gasteiger partial charge in [-0.2, -0.15) is 18.3 Å². The van der Waals surface area contributed by atoms with E-state index >= 15 is 0 Å². The first-order valence-corrected chi connectivity index (χ1v) is 5.41. The van der Waals surface area contributed by atoms with Crippen LogP contribution in [0.3, 0.4) is 0 Å². The summed E-state index contributed by atoms with van der Waals surface area (Å²) in [5, 5.41) is 3.59. The normalized spacial score (nSPS) is 12.5. The minimum atomic E-state index is -4.43. The lowest BCUT2D eigenvalue weighted by atomic mass is 10.1. The molecule has 0 radical (unpaired) electrons. The van der Waals surface area contributed by atoms with Crippen molar-refractivity contribution in [3.05, 3.63) is 16.4 Å². The predicted molar refractivity (Wildman–Crippen MR) is 56.4 cm³/mol. The summed E-state index contributed by atoms with van der Waals surface area (Å²) < 4.78 is 38.7. The van der Waals surface area contributed by atoms with Crippen molar-refractivity contribution >= 4 is 11.6 Å². The van der Waals surface area contributed by atoms with Gasteiger partial charge < -0.3 is 0 Å². The van der Waals surface area contributed by atoms with Crippen molar-refractivity contribution in [3.8, 4) is 0 Å². The van der Waals surface area contributed by atoms with Crippen LogP contribution in [0.4, 0.5) is 13.2 Å². The molecule has 0 N–H and O–H groups in total. The maximum atomic E-state index is 12.5. The molecule has 92 valence electrons. The number of rotatable bonds is 3. The van der Waals surface area contributed by atoms with Crippen molar-refractivity contribution in [1.82, 2.24) is 9.78 Å². The molecule has 2 nitrogen and oxygen atoms in total. The lowest BCUT2D eigenvalue weighted by molar-refractivity contribution is -0.141. The Morgan fingerprint density at radius 2 is 1.94 bits per heavy atom. The topological polar surface area (TPSA) is 17.8 Å². The van der Waals surface area contributed by atoms with Crippen molar-refractivity contribution in [1.29, 1.82) is 0 Å². The SMILES string of the molecule is Cc1c(C(F)(F)F)nn(CCC(C)C)c1Cl. The average Bonchev–Trinajstić information content (AvgIpc) is 2.40. The number of hydrogen-bond acceptors (Lipinski definition) is 1. The van der Waals surface area contributed by atoms with E-state index < -0.39 is 11.9 Å². The summed E-state index contributed by atoms with van der Waals surface area (Å²) in [5.41, 5.74) is -0.890. The molecule has 1 rings (SSSR count). The quantitative estimate of drug-likeness (QED) is 0.800. The molecule has 0 fully saturated rings. The molecule has 0 bridgehead atoms. The van der Waals surface area contributed by atoms with Gasteiger partial charge in [0, 0.05) is 12.1 Å². The number of nitrogens with zero attached hydrogens (tertiary/aromatic N) is 2. The largest absolute Gasteiger partial charge is 0.435 e. The van der Waals surface area contributed by atoms with Crippen molar-refractivity contribution in [2.75, 3.05) is 0 Å². The van der Waals surface area contributed by atoms with Gasteiger partial charge in [-0.25, -0.2) is 0 Å². The lowest BCUT2D eigenvalue weighted by Gasteiger charge is -2.05. The number of hydrogen-bond donors (Lipinski definition) is 0. The molecule has 0 unspecified atom stereocenters. The fourth-order valence-electron chi connectivity index (χ4n) is 1.33. The van der Waals surface area contributed by atoms with Crippen molar-refractivity contribution < 1.29 is 13.2 Å². The second-order valence-corrected chi connectivity index (χ2v) is 4.53. The van der Waals surface area contributed by atoms with Gasteiger partial charge in [0.2, 0.25) is 0 Å². The van der Waals surface area contributed by atoms with Gasteiger partial charge in [0.05, 0.1) is 0 Å². The number of alkyl halides is 3. The Bertz CT molecular complexity index is 369. The highest BCUT2D eigenvalue weighted by Gasteiger charge is 2.37. The van der Waals surface area contributed by atoms with Gasteiger partial charge in [0.1, 0.15) is 5.15 Å². The van der Waals surface area contributed by atoms with Gasteiger partial charge in [0.25, 0.3) is 0 Å². The Labute approximate surface area is 97.4 Å². The average molecular weight is 255 g/mol. The van der Waals surface area contributed by atoms with E-state index in [1.807, 2.05) is 13.8 Å². The summed E-state index contributed by atoms with van der Waals surface area (Å²) in [4.78, 5) is 0. The van der Waals surface area contributed by atoms with Gasteiger partial charge in [-0.15, -0.1) is 0 Å². The van der Waals surface area contributed by atoms with Crippen LogP contribution in [0, 0.1) is 12.8 Å².